The van der Waals surface area contributed by atoms with Gasteiger partial charge in [-0.25, -0.2) is 4.39 Å². The summed E-state index contributed by atoms with van der Waals surface area (Å²) in [5.41, 5.74) is -0.158. The van der Waals surface area contributed by atoms with Gasteiger partial charge in [-0.15, -0.1) is 0 Å². The number of carboxylic acid groups (broad SMARTS) is 1. The van der Waals surface area contributed by atoms with Crippen molar-refractivity contribution < 1.29 is 23.8 Å². The molecule has 1 rings (SSSR count). The number of halogens is 2. The standard InChI is InChI=1S/C12H13ClFNO4/c1-19-8(5-11(16)17)6-15-12(18)9-3-2-7(13)4-10(9)14/h2-4,8H,5-6H2,1H3,(H,15,18)(H,16,17). The van der Waals surface area contributed by atoms with Crippen molar-refractivity contribution in [3.05, 3.63) is 34.6 Å². The molecule has 5 nitrogen and oxygen atoms in total. The highest BCUT2D eigenvalue weighted by atomic mass is 35.5. The Balaban J connectivity index is 2.61. The fraction of sp³-hybridized carbons (Fsp3) is 0.333. The van der Waals surface area contributed by atoms with E-state index in [0.29, 0.717) is 0 Å². The van der Waals surface area contributed by atoms with Gasteiger partial charge in [0.25, 0.3) is 5.91 Å². The van der Waals surface area contributed by atoms with Crippen molar-refractivity contribution >= 4 is 23.5 Å². The molecule has 0 aromatic heterocycles. The number of aliphatic carboxylic acids is 1. The average Bonchev–Trinajstić information content (AvgIpc) is 2.33. The molecule has 1 aromatic carbocycles. The van der Waals surface area contributed by atoms with Crippen LogP contribution in [0, 0.1) is 5.82 Å². The van der Waals surface area contributed by atoms with E-state index in [1.807, 2.05) is 0 Å². The van der Waals surface area contributed by atoms with Gasteiger partial charge in [0.1, 0.15) is 5.82 Å². The molecular weight excluding hydrogens is 277 g/mol. The summed E-state index contributed by atoms with van der Waals surface area (Å²) < 4.78 is 18.3. The Labute approximate surface area is 114 Å². The summed E-state index contributed by atoms with van der Waals surface area (Å²) in [6.07, 6.45) is -0.920. The Morgan fingerprint density at radius 1 is 1.53 bits per heavy atom. The van der Waals surface area contributed by atoms with Crippen LogP contribution in [0.3, 0.4) is 0 Å². The molecule has 0 spiro atoms. The van der Waals surface area contributed by atoms with Crippen molar-refractivity contribution in [2.45, 2.75) is 12.5 Å². The maximum absolute atomic E-state index is 13.4. The van der Waals surface area contributed by atoms with E-state index < -0.39 is 23.8 Å². The molecule has 0 aliphatic carbocycles. The van der Waals surface area contributed by atoms with Crippen LogP contribution in [0.4, 0.5) is 4.39 Å². The zero-order valence-electron chi connectivity index (χ0n) is 10.2. The van der Waals surface area contributed by atoms with Gasteiger partial charge < -0.3 is 15.2 Å². The van der Waals surface area contributed by atoms with Crippen LogP contribution in [0.5, 0.6) is 0 Å². The van der Waals surface area contributed by atoms with Crippen LogP contribution in [-0.2, 0) is 9.53 Å². The lowest BCUT2D eigenvalue weighted by molar-refractivity contribution is -0.139. The molecule has 0 radical (unpaired) electrons. The number of benzene rings is 1. The van der Waals surface area contributed by atoms with Crippen molar-refractivity contribution in [1.29, 1.82) is 0 Å². The van der Waals surface area contributed by atoms with Crippen LogP contribution in [-0.4, -0.2) is 36.7 Å². The predicted molar refractivity (Wildman–Crippen MR) is 66.8 cm³/mol. The SMILES string of the molecule is COC(CNC(=O)c1ccc(Cl)cc1F)CC(=O)O. The summed E-state index contributed by atoms with van der Waals surface area (Å²) in [6.45, 7) is -0.0241. The number of carbonyl (C=O) groups excluding carboxylic acids is 1. The van der Waals surface area contributed by atoms with Gasteiger partial charge in [-0.3, -0.25) is 9.59 Å². The highest BCUT2D eigenvalue weighted by molar-refractivity contribution is 6.30. The average molecular weight is 290 g/mol. The minimum absolute atomic E-state index is 0.0241. The Morgan fingerprint density at radius 3 is 2.74 bits per heavy atom. The largest absolute Gasteiger partial charge is 0.481 e. The van der Waals surface area contributed by atoms with Crippen molar-refractivity contribution in [1.82, 2.24) is 5.32 Å². The third-order valence-electron chi connectivity index (χ3n) is 2.40. The van der Waals surface area contributed by atoms with Crippen LogP contribution in [0.1, 0.15) is 16.8 Å². The fourth-order valence-corrected chi connectivity index (χ4v) is 1.57. The van der Waals surface area contributed by atoms with E-state index >= 15 is 0 Å². The second kappa shape index (κ2) is 7.06. The van der Waals surface area contributed by atoms with Gasteiger partial charge in [0.2, 0.25) is 0 Å². The van der Waals surface area contributed by atoms with Crippen LogP contribution in [0.2, 0.25) is 5.02 Å². The number of rotatable bonds is 6. The Morgan fingerprint density at radius 2 is 2.21 bits per heavy atom. The van der Waals surface area contributed by atoms with Crippen LogP contribution < -0.4 is 5.32 Å². The smallest absolute Gasteiger partial charge is 0.306 e. The van der Waals surface area contributed by atoms with Gasteiger partial charge in [-0.05, 0) is 18.2 Å². The summed E-state index contributed by atoms with van der Waals surface area (Å²) in [6, 6.07) is 3.68. The summed E-state index contributed by atoms with van der Waals surface area (Å²) in [4.78, 5) is 22.2. The topological polar surface area (TPSA) is 75.6 Å². The fourth-order valence-electron chi connectivity index (χ4n) is 1.41. The normalized spacial score (nSPS) is 11.9. The molecule has 0 aliphatic heterocycles. The number of ether oxygens (including phenoxy) is 1. The van der Waals surface area contributed by atoms with E-state index in [4.69, 9.17) is 21.4 Å². The highest BCUT2D eigenvalue weighted by Gasteiger charge is 2.16. The summed E-state index contributed by atoms with van der Waals surface area (Å²) in [5.74, 6) is -2.43. The lowest BCUT2D eigenvalue weighted by atomic mass is 10.2. The molecule has 0 heterocycles. The molecule has 104 valence electrons. The van der Waals surface area contributed by atoms with Crippen LogP contribution in [0.15, 0.2) is 18.2 Å². The van der Waals surface area contributed by atoms with Gasteiger partial charge in [0.15, 0.2) is 0 Å². The predicted octanol–water partition coefficient (Wildman–Crippen LogP) is 1.70. The molecule has 1 atom stereocenters. The maximum atomic E-state index is 13.4. The summed E-state index contributed by atoms with van der Waals surface area (Å²) >= 11 is 5.57. The zero-order chi connectivity index (χ0) is 14.4. The minimum Gasteiger partial charge on any atom is -0.481 e. The molecule has 0 fully saturated rings. The second-order valence-electron chi connectivity index (χ2n) is 3.79. The molecule has 1 amide bonds. The molecule has 1 unspecified atom stereocenters. The first-order valence-electron chi connectivity index (χ1n) is 5.42. The monoisotopic (exact) mass is 289 g/mol. The summed E-state index contributed by atoms with van der Waals surface area (Å²) in [7, 11) is 1.34. The van der Waals surface area contributed by atoms with E-state index in [-0.39, 0.29) is 23.6 Å². The van der Waals surface area contributed by atoms with E-state index in [1.165, 1.54) is 19.2 Å². The van der Waals surface area contributed by atoms with Gasteiger partial charge in [0.05, 0.1) is 18.1 Å². The maximum Gasteiger partial charge on any atom is 0.306 e. The van der Waals surface area contributed by atoms with Crippen molar-refractivity contribution in [2.75, 3.05) is 13.7 Å². The molecule has 1 aromatic rings. The zero-order valence-corrected chi connectivity index (χ0v) is 10.9. The Bertz CT molecular complexity index is 481. The number of carbonyl (C=O) groups is 2. The molecule has 7 heteroatoms. The van der Waals surface area contributed by atoms with Gasteiger partial charge in [0, 0.05) is 18.7 Å². The minimum atomic E-state index is -1.04. The van der Waals surface area contributed by atoms with Crippen molar-refractivity contribution in [3.8, 4) is 0 Å². The highest BCUT2D eigenvalue weighted by Crippen LogP contribution is 2.14. The second-order valence-corrected chi connectivity index (χ2v) is 4.23. The molecular formula is C12H13ClFNO4. The summed E-state index contributed by atoms with van der Waals surface area (Å²) in [5, 5.41) is 11.2. The third-order valence-corrected chi connectivity index (χ3v) is 2.64. The molecule has 0 bridgehead atoms. The molecule has 0 saturated carbocycles. The van der Waals surface area contributed by atoms with E-state index in [0.717, 1.165) is 6.07 Å². The van der Waals surface area contributed by atoms with Crippen LogP contribution in [0.25, 0.3) is 0 Å². The number of amides is 1. The first kappa shape index (κ1) is 15.4. The van der Waals surface area contributed by atoms with E-state index in [9.17, 15) is 14.0 Å². The van der Waals surface area contributed by atoms with Gasteiger partial charge in [-0.1, -0.05) is 11.6 Å². The Hall–Kier alpha value is -1.66. The first-order valence-corrected chi connectivity index (χ1v) is 5.79. The van der Waals surface area contributed by atoms with E-state index in [1.54, 1.807) is 0 Å². The van der Waals surface area contributed by atoms with E-state index in [2.05, 4.69) is 5.32 Å². The molecule has 19 heavy (non-hydrogen) atoms. The first-order chi connectivity index (χ1) is 8.93. The molecule has 2 N–H and O–H groups in total. The van der Waals surface area contributed by atoms with Crippen molar-refractivity contribution in [3.63, 3.8) is 0 Å². The lowest BCUT2D eigenvalue weighted by Gasteiger charge is -2.14. The number of methoxy groups -OCH3 is 1. The van der Waals surface area contributed by atoms with Gasteiger partial charge >= 0.3 is 5.97 Å². The van der Waals surface area contributed by atoms with Crippen LogP contribution >= 0.6 is 11.6 Å². The molecule has 0 aliphatic rings. The van der Waals surface area contributed by atoms with Crippen molar-refractivity contribution in [2.24, 2.45) is 0 Å². The number of nitrogens with one attached hydrogen (secondary N) is 1. The third kappa shape index (κ3) is 4.84. The lowest BCUT2D eigenvalue weighted by Crippen LogP contribution is -2.34. The Kier molecular flexibility index (Phi) is 5.72. The molecule has 0 saturated heterocycles. The quantitative estimate of drug-likeness (QED) is 0.836. The number of hydrogen-bond acceptors (Lipinski definition) is 3. The number of carboxylic acids is 1. The number of hydrogen-bond donors (Lipinski definition) is 2. The van der Waals surface area contributed by atoms with Gasteiger partial charge in [-0.2, -0.15) is 0 Å².